The first-order chi connectivity index (χ1) is 9.61. The van der Waals surface area contributed by atoms with E-state index < -0.39 is 0 Å². The zero-order valence-electron chi connectivity index (χ0n) is 12.0. The molecule has 0 radical (unpaired) electrons. The molecular weight excluding hydrogens is 250 g/mol. The monoisotopic (exact) mass is 271 g/mol. The average molecular weight is 271 g/mol. The maximum absolute atomic E-state index is 12.1. The predicted molar refractivity (Wildman–Crippen MR) is 81.8 cm³/mol. The number of carbonyl (C=O) groups is 1. The number of benzene rings is 1. The highest BCUT2D eigenvalue weighted by Gasteiger charge is 2.13. The molecule has 20 heavy (non-hydrogen) atoms. The van der Waals surface area contributed by atoms with E-state index in [9.17, 15) is 4.79 Å². The van der Waals surface area contributed by atoms with Gasteiger partial charge in [0.25, 0.3) is 0 Å². The Bertz CT molecular complexity index is 597. The molecule has 2 atom stereocenters. The molecule has 0 bridgehead atoms. The van der Waals surface area contributed by atoms with E-state index in [1.165, 1.54) is 0 Å². The summed E-state index contributed by atoms with van der Waals surface area (Å²) in [6, 6.07) is 11.7. The first-order valence-corrected chi connectivity index (χ1v) is 6.94. The fraction of sp³-hybridized carbons (Fsp3) is 0.375. The molecule has 1 aromatic heterocycles. The lowest BCUT2D eigenvalue weighted by Crippen LogP contribution is -2.38. The third kappa shape index (κ3) is 3.40. The number of fused-ring (bicyclic) bond motifs is 1. The Morgan fingerprint density at radius 3 is 2.75 bits per heavy atom. The molecule has 106 valence electrons. The van der Waals surface area contributed by atoms with Crippen molar-refractivity contribution in [1.82, 2.24) is 10.3 Å². The van der Waals surface area contributed by atoms with E-state index in [2.05, 4.69) is 17.2 Å². The Balaban J connectivity index is 2.04. The molecule has 0 aliphatic rings. The van der Waals surface area contributed by atoms with E-state index in [-0.39, 0.29) is 18.4 Å². The van der Waals surface area contributed by atoms with Gasteiger partial charge in [0.15, 0.2) is 5.78 Å². The summed E-state index contributed by atoms with van der Waals surface area (Å²) in [6.45, 7) is 5.00. The number of hydrogen-bond acceptors (Lipinski definition) is 4. The SMILES string of the molecule is CC(CN)C(C)NCC(=O)c1ccc2ccccc2n1. The number of ketones is 1. The van der Waals surface area contributed by atoms with Crippen molar-refractivity contribution in [1.29, 1.82) is 0 Å². The third-order valence-electron chi connectivity index (χ3n) is 3.69. The van der Waals surface area contributed by atoms with Gasteiger partial charge in [-0.15, -0.1) is 0 Å². The third-order valence-corrected chi connectivity index (χ3v) is 3.69. The van der Waals surface area contributed by atoms with Gasteiger partial charge < -0.3 is 11.1 Å². The maximum atomic E-state index is 12.1. The predicted octanol–water partition coefficient (Wildman–Crippen LogP) is 1.99. The second-order valence-electron chi connectivity index (χ2n) is 5.19. The zero-order valence-corrected chi connectivity index (χ0v) is 12.0. The quantitative estimate of drug-likeness (QED) is 0.788. The van der Waals surface area contributed by atoms with Crippen molar-refractivity contribution in [2.75, 3.05) is 13.1 Å². The number of rotatable bonds is 6. The summed E-state index contributed by atoms with van der Waals surface area (Å²) in [4.78, 5) is 16.6. The van der Waals surface area contributed by atoms with Crippen molar-refractivity contribution >= 4 is 16.7 Å². The van der Waals surface area contributed by atoms with Crippen LogP contribution in [0, 0.1) is 5.92 Å². The van der Waals surface area contributed by atoms with Crippen LogP contribution in [0.5, 0.6) is 0 Å². The van der Waals surface area contributed by atoms with Crippen LogP contribution in [-0.4, -0.2) is 29.9 Å². The Labute approximate surface area is 119 Å². The minimum absolute atomic E-state index is 0.00632. The molecule has 4 heteroatoms. The van der Waals surface area contributed by atoms with Gasteiger partial charge in [0.1, 0.15) is 5.69 Å². The van der Waals surface area contributed by atoms with E-state index >= 15 is 0 Å². The highest BCUT2D eigenvalue weighted by atomic mass is 16.1. The molecular formula is C16H21N3O. The maximum Gasteiger partial charge on any atom is 0.194 e. The van der Waals surface area contributed by atoms with Gasteiger partial charge >= 0.3 is 0 Å². The highest BCUT2D eigenvalue weighted by molar-refractivity contribution is 5.97. The van der Waals surface area contributed by atoms with Gasteiger partial charge in [-0.1, -0.05) is 31.2 Å². The summed E-state index contributed by atoms with van der Waals surface area (Å²) in [5.74, 6) is 0.346. The lowest BCUT2D eigenvalue weighted by molar-refractivity contribution is 0.0981. The molecule has 4 nitrogen and oxygen atoms in total. The number of para-hydroxylation sites is 1. The molecule has 2 aromatic rings. The van der Waals surface area contributed by atoms with Crippen molar-refractivity contribution in [3.8, 4) is 0 Å². The molecule has 2 unspecified atom stereocenters. The van der Waals surface area contributed by atoms with Gasteiger partial charge in [-0.25, -0.2) is 4.98 Å². The van der Waals surface area contributed by atoms with Gasteiger partial charge in [-0.3, -0.25) is 4.79 Å². The van der Waals surface area contributed by atoms with Gasteiger partial charge in [-0.2, -0.15) is 0 Å². The second-order valence-corrected chi connectivity index (χ2v) is 5.19. The number of carbonyl (C=O) groups excluding carboxylic acids is 1. The minimum Gasteiger partial charge on any atom is -0.330 e. The van der Waals surface area contributed by atoms with Crippen LogP contribution in [-0.2, 0) is 0 Å². The zero-order chi connectivity index (χ0) is 14.5. The van der Waals surface area contributed by atoms with Crippen molar-refractivity contribution in [2.45, 2.75) is 19.9 Å². The largest absolute Gasteiger partial charge is 0.330 e. The normalized spacial score (nSPS) is 14.2. The van der Waals surface area contributed by atoms with E-state index in [1.54, 1.807) is 6.07 Å². The van der Waals surface area contributed by atoms with Crippen molar-refractivity contribution in [3.05, 3.63) is 42.1 Å². The average Bonchev–Trinajstić information content (AvgIpc) is 2.50. The molecule has 1 aromatic carbocycles. The summed E-state index contributed by atoms with van der Waals surface area (Å²) in [5.41, 5.74) is 6.97. The van der Waals surface area contributed by atoms with Crippen LogP contribution in [0.3, 0.4) is 0 Å². The number of nitrogens with two attached hydrogens (primary N) is 1. The van der Waals surface area contributed by atoms with E-state index in [0.29, 0.717) is 18.2 Å². The van der Waals surface area contributed by atoms with Crippen LogP contribution in [0.25, 0.3) is 10.9 Å². The molecule has 0 saturated carbocycles. The number of pyridine rings is 1. The molecule has 0 amide bonds. The van der Waals surface area contributed by atoms with E-state index in [4.69, 9.17) is 5.73 Å². The number of hydrogen-bond donors (Lipinski definition) is 2. The van der Waals surface area contributed by atoms with Crippen LogP contribution in [0.15, 0.2) is 36.4 Å². The number of aromatic nitrogens is 1. The van der Waals surface area contributed by atoms with E-state index in [1.807, 2.05) is 37.3 Å². The lowest BCUT2D eigenvalue weighted by Gasteiger charge is -2.19. The topological polar surface area (TPSA) is 68.0 Å². The number of Topliss-reactive ketones (excluding diaryl/α,β-unsaturated/α-hetero) is 1. The Morgan fingerprint density at radius 2 is 2.00 bits per heavy atom. The molecule has 2 rings (SSSR count). The Kier molecular flexibility index (Phi) is 4.82. The van der Waals surface area contributed by atoms with Crippen LogP contribution < -0.4 is 11.1 Å². The standard InChI is InChI=1S/C16H21N3O/c1-11(9-17)12(2)18-10-16(20)15-8-7-13-5-3-4-6-14(13)19-15/h3-8,11-12,18H,9-10,17H2,1-2H3. The molecule has 0 aliphatic heterocycles. The summed E-state index contributed by atoms with van der Waals surface area (Å²) >= 11 is 0. The van der Waals surface area contributed by atoms with Crippen LogP contribution in [0.2, 0.25) is 0 Å². The lowest BCUT2D eigenvalue weighted by atomic mass is 10.0. The Hall–Kier alpha value is -1.78. The molecule has 0 spiro atoms. The van der Waals surface area contributed by atoms with Gasteiger partial charge in [0, 0.05) is 11.4 Å². The molecule has 3 N–H and O–H groups in total. The van der Waals surface area contributed by atoms with E-state index in [0.717, 1.165) is 10.9 Å². The van der Waals surface area contributed by atoms with Crippen LogP contribution >= 0.6 is 0 Å². The fourth-order valence-corrected chi connectivity index (χ4v) is 1.97. The highest BCUT2D eigenvalue weighted by Crippen LogP contribution is 2.12. The van der Waals surface area contributed by atoms with Crippen molar-refractivity contribution in [2.24, 2.45) is 11.7 Å². The fourth-order valence-electron chi connectivity index (χ4n) is 1.97. The summed E-state index contributed by atoms with van der Waals surface area (Å²) in [6.07, 6.45) is 0. The summed E-state index contributed by atoms with van der Waals surface area (Å²) in [7, 11) is 0. The number of nitrogens with one attached hydrogen (secondary N) is 1. The molecule has 0 fully saturated rings. The van der Waals surface area contributed by atoms with Gasteiger partial charge in [0.05, 0.1) is 12.1 Å². The van der Waals surface area contributed by atoms with Crippen LogP contribution in [0.4, 0.5) is 0 Å². The smallest absolute Gasteiger partial charge is 0.194 e. The number of nitrogens with zero attached hydrogens (tertiary/aromatic N) is 1. The minimum atomic E-state index is 0.00632. The van der Waals surface area contributed by atoms with Crippen molar-refractivity contribution < 1.29 is 4.79 Å². The molecule has 0 saturated heterocycles. The molecule has 0 aliphatic carbocycles. The first-order valence-electron chi connectivity index (χ1n) is 6.94. The summed E-state index contributed by atoms with van der Waals surface area (Å²) in [5, 5.41) is 4.25. The van der Waals surface area contributed by atoms with Crippen LogP contribution in [0.1, 0.15) is 24.3 Å². The second kappa shape index (κ2) is 6.59. The summed E-state index contributed by atoms with van der Waals surface area (Å²) < 4.78 is 0. The first kappa shape index (κ1) is 14.6. The molecule has 1 heterocycles. The Morgan fingerprint density at radius 1 is 1.25 bits per heavy atom. The van der Waals surface area contributed by atoms with Gasteiger partial charge in [0.2, 0.25) is 0 Å². The van der Waals surface area contributed by atoms with Gasteiger partial charge in [-0.05, 0) is 31.5 Å². The van der Waals surface area contributed by atoms with Crippen molar-refractivity contribution in [3.63, 3.8) is 0 Å².